The number of hydrogen-bond acceptors (Lipinski definition) is 4. The summed E-state index contributed by atoms with van der Waals surface area (Å²) in [6.07, 6.45) is 4.72. The molecule has 1 aromatic carbocycles. The molecule has 0 aliphatic rings. The summed E-state index contributed by atoms with van der Waals surface area (Å²) in [5.74, 6) is -0.171. The molecule has 0 amide bonds. The fourth-order valence-electron chi connectivity index (χ4n) is 3.02. The maximum Gasteiger partial charge on any atom is 0.308 e. The molecule has 0 fully saturated rings. The van der Waals surface area contributed by atoms with E-state index in [1.165, 1.54) is 7.11 Å². The highest BCUT2D eigenvalue weighted by molar-refractivity contribution is 5.72. The molecule has 0 radical (unpaired) electrons. The van der Waals surface area contributed by atoms with E-state index in [2.05, 4.69) is 27.0 Å². The van der Waals surface area contributed by atoms with Crippen molar-refractivity contribution < 1.29 is 19.0 Å². The van der Waals surface area contributed by atoms with Crippen molar-refractivity contribution in [3.05, 3.63) is 61.2 Å². The zero-order valence-electron chi connectivity index (χ0n) is 16.2. The number of benzene rings is 1. The van der Waals surface area contributed by atoms with E-state index in [1.54, 1.807) is 6.08 Å². The van der Waals surface area contributed by atoms with Gasteiger partial charge in [0, 0.05) is 5.92 Å². The van der Waals surface area contributed by atoms with E-state index in [1.807, 2.05) is 36.4 Å². The third-order valence-electron chi connectivity index (χ3n) is 4.38. The predicted molar refractivity (Wildman–Crippen MR) is 104 cm³/mol. The number of allylic oxidation sites excluding steroid dienone is 1. The van der Waals surface area contributed by atoms with Crippen molar-refractivity contribution in [2.24, 2.45) is 17.8 Å². The van der Waals surface area contributed by atoms with Crippen molar-refractivity contribution >= 4 is 5.97 Å². The van der Waals surface area contributed by atoms with E-state index in [0.29, 0.717) is 19.4 Å². The largest absolute Gasteiger partial charge is 0.469 e. The second kappa shape index (κ2) is 12.4. The fourth-order valence-corrected chi connectivity index (χ4v) is 3.02. The molecule has 1 rings (SSSR count). The van der Waals surface area contributed by atoms with Crippen LogP contribution in [0.5, 0.6) is 0 Å². The van der Waals surface area contributed by atoms with Crippen LogP contribution in [0.1, 0.15) is 32.3 Å². The molecular weight excluding hydrogens is 328 g/mol. The second-order valence-electron chi connectivity index (χ2n) is 6.71. The molecule has 0 aliphatic heterocycles. The molecule has 1 aromatic rings. The van der Waals surface area contributed by atoms with Crippen molar-refractivity contribution in [3.63, 3.8) is 0 Å². The van der Waals surface area contributed by atoms with Crippen LogP contribution in [0.4, 0.5) is 0 Å². The lowest BCUT2D eigenvalue weighted by Gasteiger charge is -2.30. The molecule has 1 unspecified atom stereocenters. The quantitative estimate of drug-likeness (QED) is 0.220. The van der Waals surface area contributed by atoms with Gasteiger partial charge < -0.3 is 14.2 Å². The predicted octanol–water partition coefficient (Wildman–Crippen LogP) is 4.76. The van der Waals surface area contributed by atoms with Gasteiger partial charge in [0.25, 0.3) is 0 Å². The Hall–Kier alpha value is -1.91. The zero-order chi connectivity index (χ0) is 19.4. The molecule has 0 aromatic heterocycles. The number of rotatable bonds is 13. The van der Waals surface area contributed by atoms with E-state index in [-0.39, 0.29) is 36.6 Å². The van der Waals surface area contributed by atoms with Gasteiger partial charge in [-0.25, -0.2) is 0 Å². The lowest BCUT2D eigenvalue weighted by Crippen LogP contribution is -2.32. The lowest BCUT2D eigenvalue weighted by atomic mass is 9.84. The number of esters is 1. The van der Waals surface area contributed by atoms with Crippen LogP contribution in [0.25, 0.3) is 0 Å². The molecule has 4 nitrogen and oxygen atoms in total. The summed E-state index contributed by atoms with van der Waals surface area (Å²) in [4.78, 5) is 12.0. The van der Waals surface area contributed by atoms with Gasteiger partial charge in [0.15, 0.2) is 0 Å². The van der Waals surface area contributed by atoms with Crippen LogP contribution in [0.15, 0.2) is 55.6 Å². The van der Waals surface area contributed by atoms with E-state index in [9.17, 15) is 4.79 Å². The first-order valence-corrected chi connectivity index (χ1v) is 9.08. The van der Waals surface area contributed by atoms with Gasteiger partial charge in [-0.3, -0.25) is 4.79 Å². The highest BCUT2D eigenvalue weighted by Gasteiger charge is 2.29. The van der Waals surface area contributed by atoms with Gasteiger partial charge in [-0.15, -0.1) is 13.2 Å². The second-order valence-corrected chi connectivity index (χ2v) is 6.71. The van der Waals surface area contributed by atoms with Crippen LogP contribution in [0, 0.1) is 17.8 Å². The van der Waals surface area contributed by atoms with E-state index < -0.39 is 0 Å². The third kappa shape index (κ3) is 7.54. The van der Waals surface area contributed by atoms with Crippen LogP contribution in [-0.4, -0.2) is 26.0 Å². The molecule has 0 aliphatic carbocycles. The van der Waals surface area contributed by atoms with Crippen molar-refractivity contribution in [2.45, 2.75) is 39.4 Å². The summed E-state index contributed by atoms with van der Waals surface area (Å²) >= 11 is 0. The van der Waals surface area contributed by atoms with Crippen LogP contribution in [-0.2, 0) is 25.6 Å². The number of carbonyl (C=O) groups excluding carboxylic acids is 1. The highest BCUT2D eigenvalue weighted by atomic mass is 16.7. The smallest absolute Gasteiger partial charge is 0.308 e. The molecule has 0 saturated carbocycles. The van der Waals surface area contributed by atoms with Gasteiger partial charge in [0.05, 0.1) is 25.7 Å². The molecule has 0 saturated heterocycles. The molecule has 0 N–H and O–H groups in total. The van der Waals surface area contributed by atoms with Gasteiger partial charge in [0.1, 0.15) is 6.79 Å². The molecule has 3 atom stereocenters. The minimum atomic E-state index is -0.240. The highest BCUT2D eigenvalue weighted by Crippen LogP contribution is 2.27. The number of ether oxygens (including phenoxy) is 3. The summed E-state index contributed by atoms with van der Waals surface area (Å²) in [6, 6.07) is 9.98. The molecular formula is C22H32O4. The third-order valence-corrected chi connectivity index (χ3v) is 4.38. The summed E-state index contributed by atoms with van der Waals surface area (Å²) in [7, 11) is 1.41. The molecule has 0 spiro atoms. The Morgan fingerprint density at radius 3 is 2.42 bits per heavy atom. The number of carbonyl (C=O) groups is 1. The van der Waals surface area contributed by atoms with E-state index >= 15 is 0 Å². The maximum atomic E-state index is 12.0. The monoisotopic (exact) mass is 360 g/mol. The van der Waals surface area contributed by atoms with Crippen LogP contribution >= 0.6 is 0 Å². The first-order valence-electron chi connectivity index (χ1n) is 9.08. The molecule has 0 bridgehead atoms. The maximum absolute atomic E-state index is 12.0. The average Bonchev–Trinajstić information content (AvgIpc) is 2.65. The standard InChI is InChI=1S/C22H32O4/c1-6-11-20(22(23)24-5)14-19(7-2)21(17(3)4)26-16-25-15-18-12-9-8-10-13-18/h6-10,12-13,17,19-21H,1-2,11,14-16H2,3-5H3/t19-,20?,21+/m0/s1. The van der Waals surface area contributed by atoms with Gasteiger partial charge >= 0.3 is 5.97 Å². The minimum Gasteiger partial charge on any atom is -0.469 e. The van der Waals surface area contributed by atoms with Crippen molar-refractivity contribution in [1.29, 1.82) is 0 Å². The first kappa shape index (κ1) is 22.1. The van der Waals surface area contributed by atoms with Crippen molar-refractivity contribution in [2.75, 3.05) is 13.9 Å². The summed E-state index contributed by atoms with van der Waals surface area (Å²) < 4.78 is 16.6. The van der Waals surface area contributed by atoms with E-state index in [0.717, 1.165) is 5.56 Å². The Labute approximate surface area is 157 Å². The topological polar surface area (TPSA) is 44.8 Å². The minimum absolute atomic E-state index is 0.0272. The molecule has 4 heteroatoms. The number of hydrogen-bond donors (Lipinski definition) is 0. The van der Waals surface area contributed by atoms with Gasteiger partial charge in [-0.2, -0.15) is 0 Å². The van der Waals surface area contributed by atoms with Crippen LogP contribution in [0.3, 0.4) is 0 Å². The normalized spacial score (nSPS) is 14.5. The number of methoxy groups -OCH3 is 1. The van der Waals surface area contributed by atoms with E-state index in [4.69, 9.17) is 14.2 Å². The Balaban J connectivity index is 2.61. The van der Waals surface area contributed by atoms with Crippen molar-refractivity contribution in [1.82, 2.24) is 0 Å². The van der Waals surface area contributed by atoms with Gasteiger partial charge in [-0.1, -0.05) is 56.3 Å². The summed E-state index contributed by atoms with van der Waals surface area (Å²) in [6.45, 7) is 12.6. The molecule has 0 heterocycles. The average molecular weight is 360 g/mol. The summed E-state index contributed by atoms with van der Waals surface area (Å²) in [5.41, 5.74) is 1.11. The SMILES string of the molecule is C=CCC(C[C@H](C=C)[C@H](OCOCc1ccccc1)C(C)C)C(=O)OC. The first-order chi connectivity index (χ1) is 12.5. The fraction of sp³-hybridized carbons (Fsp3) is 0.500. The van der Waals surface area contributed by atoms with Gasteiger partial charge in [0.2, 0.25) is 0 Å². The Morgan fingerprint density at radius 2 is 1.88 bits per heavy atom. The molecule has 26 heavy (non-hydrogen) atoms. The zero-order valence-corrected chi connectivity index (χ0v) is 16.2. The lowest BCUT2D eigenvalue weighted by molar-refractivity contribution is -0.147. The Kier molecular flexibility index (Phi) is 10.6. The summed E-state index contributed by atoms with van der Waals surface area (Å²) in [5, 5.41) is 0. The van der Waals surface area contributed by atoms with Gasteiger partial charge in [-0.05, 0) is 24.3 Å². The molecule has 144 valence electrons. The Morgan fingerprint density at radius 1 is 1.19 bits per heavy atom. The van der Waals surface area contributed by atoms with Crippen LogP contribution in [0.2, 0.25) is 0 Å². The van der Waals surface area contributed by atoms with Crippen LogP contribution < -0.4 is 0 Å². The Bertz CT molecular complexity index is 538. The van der Waals surface area contributed by atoms with Crippen molar-refractivity contribution in [3.8, 4) is 0 Å².